The van der Waals surface area contributed by atoms with E-state index in [2.05, 4.69) is 84.9 Å². The third kappa shape index (κ3) is 2.39. The Morgan fingerprint density at radius 3 is 1.55 bits per heavy atom. The fourth-order valence-electron chi connectivity index (χ4n) is 5.47. The Kier molecular flexibility index (Phi) is 3.46. The molecule has 1 fully saturated rings. The summed E-state index contributed by atoms with van der Waals surface area (Å²) in [5, 5.41) is 4.95. The van der Waals surface area contributed by atoms with Gasteiger partial charge in [0, 0.05) is 22.3 Å². The molecule has 0 atom stereocenters. The molecule has 3 aliphatic rings. The van der Waals surface area contributed by atoms with Crippen LogP contribution in [0.5, 0.6) is 11.5 Å². The number of fused-ring (bicyclic) bond motifs is 6. The minimum Gasteiger partial charge on any atom is -0.444 e. The summed E-state index contributed by atoms with van der Waals surface area (Å²) in [6.45, 7) is 0. The molecule has 0 saturated heterocycles. The van der Waals surface area contributed by atoms with Crippen LogP contribution in [0.2, 0.25) is 0 Å². The first-order valence-corrected chi connectivity index (χ1v) is 11.2. The molecule has 2 heterocycles. The van der Waals surface area contributed by atoms with Crippen LogP contribution in [0.15, 0.2) is 83.9 Å². The summed E-state index contributed by atoms with van der Waals surface area (Å²) in [5.41, 5.74) is 4.82. The molecule has 0 amide bonds. The maximum absolute atomic E-state index is 6.83. The number of rotatable bonds is 0. The predicted molar refractivity (Wildman–Crippen MR) is 126 cm³/mol. The molecule has 0 unspecified atom stereocenters. The first-order chi connectivity index (χ1) is 15.3. The molecule has 4 aromatic rings. The maximum atomic E-state index is 6.83. The number of hydrogen-bond acceptors (Lipinski definition) is 2. The van der Waals surface area contributed by atoms with Gasteiger partial charge in [-0.3, -0.25) is 0 Å². The van der Waals surface area contributed by atoms with Crippen molar-refractivity contribution in [2.45, 2.75) is 31.5 Å². The van der Waals surface area contributed by atoms with Gasteiger partial charge < -0.3 is 9.47 Å². The van der Waals surface area contributed by atoms with E-state index in [9.17, 15) is 0 Å². The van der Waals surface area contributed by atoms with Crippen molar-refractivity contribution < 1.29 is 9.47 Å². The standard InChI is InChI=1S/C29H22O2/c1-5-11-23-19(7-1)13-15-27-25(23)17-21-9-3-4-10-22-18-26-24-12-6-2-8-20(24)14-16-28(26)31-29(21,22)30-27/h1-2,5-8,11-18H,3-4,9-10H2. The number of benzene rings is 4. The largest absolute Gasteiger partial charge is 0.444 e. The summed E-state index contributed by atoms with van der Waals surface area (Å²) >= 11 is 0. The summed E-state index contributed by atoms with van der Waals surface area (Å²) in [7, 11) is 0. The zero-order valence-corrected chi connectivity index (χ0v) is 17.2. The van der Waals surface area contributed by atoms with Crippen molar-refractivity contribution in [1.29, 1.82) is 0 Å². The zero-order valence-electron chi connectivity index (χ0n) is 17.2. The summed E-state index contributed by atoms with van der Waals surface area (Å²) in [4.78, 5) is 0. The Labute approximate surface area is 181 Å². The molecule has 1 saturated carbocycles. The zero-order chi connectivity index (χ0) is 20.4. The Hall–Kier alpha value is -3.52. The molecule has 2 heteroatoms. The summed E-state index contributed by atoms with van der Waals surface area (Å²) in [5.74, 6) is 0.987. The van der Waals surface area contributed by atoms with E-state index < -0.39 is 5.79 Å². The van der Waals surface area contributed by atoms with E-state index in [1.54, 1.807) is 0 Å². The SMILES string of the molecule is C1=C2CCCCC3=Cc4c(ccc5ccccc45)OC23Oc2ccc3ccccc3c21. The van der Waals surface area contributed by atoms with Gasteiger partial charge in [0.05, 0.1) is 0 Å². The van der Waals surface area contributed by atoms with Crippen molar-refractivity contribution in [1.82, 2.24) is 0 Å². The third-order valence-electron chi connectivity index (χ3n) is 6.99. The number of ether oxygens (including phenoxy) is 2. The third-order valence-corrected chi connectivity index (χ3v) is 6.99. The lowest BCUT2D eigenvalue weighted by Crippen LogP contribution is -2.48. The van der Waals surface area contributed by atoms with E-state index in [4.69, 9.17) is 9.47 Å². The van der Waals surface area contributed by atoms with Crippen molar-refractivity contribution >= 4 is 33.7 Å². The monoisotopic (exact) mass is 402 g/mol. The van der Waals surface area contributed by atoms with Crippen LogP contribution in [-0.2, 0) is 0 Å². The Balaban J connectivity index is 1.47. The van der Waals surface area contributed by atoms with Crippen molar-refractivity contribution in [2.24, 2.45) is 0 Å². The van der Waals surface area contributed by atoms with Crippen LogP contribution in [0, 0.1) is 0 Å². The van der Waals surface area contributed by atoms with Crippen LogP contribution in [0.25, 0.3) is 33.7 Å². The van der Waals surface area contributed by atoms with Crippen molar-refractivity contribution in [2.75, 3.05) is 0 Å². The normalized spacial score (nSPS) is 18.3. The van der Waals surface area contributed by atoms with Gasteiger partial charge in [-0.15, -0.1) is 0 Å². The first-order valence-electron chi connectivity index (χ1n) is 11.2. The molecule has 7 rings (SSSR count). The quantitative estimate of drug-likeness (QED) is 0.303. The predicted octanol–water partition coefficient (Wildman–Crippen LogP) is 7.52. The average molecular weight is 402 g/mol. The first kappa shape index (κ1) is 17.2. The topological polar surface area (TPSA) is 18.5 Å². The highest BCUT2D eigenvalue weighted by molar-refractivity contribution is 5.96. The molecule has 1 spiro atoms. The van der Waals surface area contributed by atoms with Crippen molar-refractivity contribution in [3.63, 3.8) is 0 Å². The molecule has 0 aromatic heterocycles. The van der Waals surface area contributed by atoms with Gasteiger partial charge in [-0.25, -0.2) is 0 Å². The highest BCUT2D eigenvalue weighted by Crippen LogP contribution is 2.51. The summed E-state index contributed by atoms with van der Waals surface area (Å²) < 4.78 is 13.7. The number of hydrogen-bond donors (Lipinski definition) is 0. The smallest absolute Gasteiger partial charge is 0.297 e. The summed E-state index contributed by atoms with van der Waals surface area (Å²) in [6, 6.07) is 25.6. The van der Waals surface area contributed by atoms with E-state index in [0.29, 0.717) is 0 Å². The summed E-state index contributed by atoms with van der Waals surface area (Å²) in [6.07, 6.45) is 8.95. The lowest BCUT2D eigenvalue weighted by atomic mass is 9.86. The van der Waals surface area contributed by atoms with E-state index >= 15 is 0 Å². The minimum absolute atomic E-state index is 0.818. The molecule has 2 aliphatic heterocycles. The second kappa shape index (κ2) is 6.24. The van der Waals surface area contributed by atoms with Crippen molar-refractivity contribution in [3.05, 3.63) is 95.1 Å². The molecular formula is C29H22O2. The highest BCUT2D eigenvalue weighted by Gasteiger charge is 2.49. The van der Waals surface area contributed by atoms with Crippen LogP contribution in [0.1, 0.15) is 36.8 Å². The lowest BCUT2D eigenvalue weighted by Gasteiger charge is -2.43. The van der Waals surface area contributed by atoms with Crippen LogP contribution < -0.4 is 9.47 Å². The van der Waals surface area contributed by atoms with Gasteiger partial charge in [0.1, 0.15) is 11.5 Å². The molecule has 0 radical (unpaired) electrons. The molecule has 0 bridgehead atoms. The molecule has 150 valence electrons. The second-order valence-corrected chi connectivity index (χ2v) is 8.76. The van der Waals surface area contributed by atoms with Gasteiger partial charge in [-0.2, -0.15) is 0 Å². The fourth-order valence-corrected chi connectivity index (χ4v) is 5.47. The minimum atomic E-state index is -0.818. The maximum Gasteiger partial charge on any atom is 0.297 e. The second-order valence-electron chi connectivity index (χ2n) is 8.76. The molecule has 0 N–H and O–H groups in total. The van der Waals surface area contributed by atoms with Crippen LogP contribution >= 0.6 is 0 Å². The fraction of sp³-hybridized carbons (Fsp3) is 0.172. The highest BCUT2D eigenvalue weighted by atomic mass is 16.7. The van der Waals surface area contributed by atoms with Gasteiger partial charge in [0.15, 0.2) is 0 Å². The molecule has 31 heavy (non-hydrogen) atoms. The Morgan fingerprint density at radius 2 is 1.03 bits per heavy atom. The molecule has 2 nitrogen and oxygen atoms in total. The van der Waals surface area contributed by atoms with Gasteiger partial charge in [-0.1, -0.05) is 60.7 Å². The van der Waals surface area contributed by atoms with Gasteiger partial charge in [0.2, 0.25) is 0 Å². The van der Waals surface area contributed by atoms with E-state index in [1.165, 1.54) is 43.8 Å². The molecular weight excluding hydrogens is 380 g/mol. The molecule has 4 aromatic carbocycles. The van der Waals surface area contributed by atoms with Gasteiger partial charge in [0.25, 0.3) is 5.79 Å². The molecule has 1 aliphatic carbocycles. The van der Waals surface area contributed by atoms with Gasteiger partial charge >= 0.3 is 0 Å². The van der Waals surface area contributed by atoms with E-state index in [0.717, 1.165) is 37.2 Å². The van der Waals surface area contributed by atoms with Crippen LogP contribution in [0.4, 0.5) is 0 Å². The lowest BCUT2D eigenvalue weighted by molar-refractivity contribution is -0.0540. The van der Waals surface area contributed by atoms with E-state index in [-0.39, 0.29) is 0 Å². The van der Waals surface area contributed by atoms with Gasteiger partial charge in [-0.05, 0) is 71.5 Å². The Morgan fingerprint density at radius 1 is 0.548 bits per heavy atom. The Bertz CT molecular complexity index is 1330. The van der Waals surface area contributed by atoms with Crippen LogP contribution in [-0.4, -0.2) is 5.79 Å². The van der Waals surface area contributed by atoms with Crippen molar-refractivity contribution in [3.8, 4) is 11.5 Å². The van der Waals surface area contributed by atoms with Crippen LogP contribution in [0.3, 0.4) is 0 Å². The average Bonchev–Trinajstić information content (AvgIpc) is 2.99. The van der Waals surface area contributed by atoms with E-state index in [1.807, 2.05) is 0 Å².